The van der Waals surface area contributed by atoms with Crippen LogP contribution in [0.15, 0.2) is 0 Å². The molecule has 5 nitrogen and oxygen atoms in total. The van der Waals surface area contributed by atoms with Crippen molar-refractivity contribution in [2.45, 2.75) is 31.7 Å². The summed E-state index contributed by atoms with van der Waals surface area (Å²) in [6.45, 7) is 0. The van der Waals surface area contributed by atoms with Gasteiger partial charge in [0.05, 0.1) is 23.8 Å². The summed E-state index contributed by atoms with van der Waals surface area (Å²) in [5, 5.41) is 9.04. The highest BCUT2D eigenvalue weighted by molar-refractivity contribution is 6.09. The number of carboxylic acids is 1. The molecule has 5 heteroatoms. The smallest absolute Gasteiger partial charge is 0.308 e. The first-order chi connectivity index (χ1) is 7.61. The fourth-order valence-electron chi connectivity index (χ4n) is 3.07. The van der Waals surface area contributed by atoms with Crippen molar-refractivity contribution in [3.8, 4) is 0 Å². The number of carbonyl (C=O) groups excluding carboxylic acids is 2. The highest BCUT2D eigenvalue weighted by Crippen LogP contribution is 2.49. The largest absolute Gasteiger partial charge is 0.481 e. The van der Waals surface area contributed by atoms with Gasteiger partial charge in [-0.2, -0.15) is 0 Å². The Labute approximate surface area is 92.4 Å². The molecule has 3 rings (SSSR count). The summed E-state index contributed by atoms with van der Waals surface area (Å²) in [6.07, 6.45) is 2.69. The third-order valence-electron chi connectivity index (χ3n) is 4.03. The molecule has 16 heavy (non-hydrogen) atoms. The van der Waals surface area contributed by atoms with Crippen LogP contribution >= 0.6 is 0 Å². The van der Waals surface area contributed by atoms with Crippen molar-refractivity contribution in [2.24, 2.45) is 17.8 Å². The van der Waals surface area contributed by atoms with Crippen LogP contribution in [-0.2, 0) is 14.4 Å². The fraction of sp³-hybridized carbons (Fsp3) is 0.727. The molecule has 1 saturated heterocycles. The van der Waals surface area contributed by atoms with Crippen LogP contribution in [0.4, 0.5) is 0 Å². The predicted octanol–water partition coefficient (Wildman–Crippen LogP) is 0.245. The molecule has 0 aromatic rings. The molecule has 0 bridgehead atoms. The van der Waals surface area contributed by atoms with E-state index in [0.717, 1.165) is 6.42 Å². The molecular weight excluding hydrogens is 210 g/mol. The fourth-order valence-corrected chi connectivity index (χ4v) is 3.07. The number of carbonyl (C=O) groups is 3. The third kappa shape index (κ3) is 1.14. The zero-order chi connectivity index (χ0) is 11.4. The summed E-state index contributed by atoms with van der Waals surface area (Å²) < 4.78 is 0. The Balaban J connectivity index is 1.85. The molecule has 2 saturated carbocycles. The first kappa shape index (κ1) is 9.81. The van der Waals surface area contributed by atoms with E-state index in [4.69, 9.17) is 5.11 Å². The van der Waals surface area contributed by atoms with Crippen molar-refractivity contribution in [1.82, 2.24) is 4.90 Å². The number of likely N-dealkylation sites (tertiary alicyclic amines) is 1. The first-order valence-corrected chi connectivity index (χ1v) is 5.71. The van der Waals surface area contributed by atoms with Gasteiger partial charge >= 0.3 is 5.97 Å². The number of aliphatic carboxylic acids is 1. The molecule has 1 N–H and O–H groups in total. The van der Waals surface area contributed by atoms with Gasteiger partial charge in [0, 0.05) is 0 Å². The molecule has 3 fully saturated rings. The van der Waals surface area contributed by atoms with Crippen LogP contribution in [0.3, 0.4) is 0 Å². The van der Waals surface area contributed by atoms with Crippen molar-refractivity contribution in [1.29, 1.82) is 0 Å². The lowest BCUT2D eigenvalue weighted by Gasteiger charge is -2.27. The average molecular weight is 223 g/mol. The molecule has 86 valence electrons. The number of piperidine rings is 1. The van der Waals surface area contributed by atoms with E-state index in [1.165, 1.54) is 4.90 Å². The number of amides is 2. The maximum atomic E-state index is 11.8. The Morgan fingerprint density at radius 2 is 1.81 bits per heavy atom. The molecule has 0 radical (unpaired) electrons. The summed E-state index contributed by atoms with van der Waals surface area (Å²) in [6, 6.07) is -0.384. The zero-order valence-electron chi connectivity index (χ0n) is 8.76. The topological polar surface area (TPSA) is 74.7 Å². The number of hydrogen-bond acceptors (Lipinski definition) is 3. The molecule has 1 aliphatic heterocycles. The summed E-state index contributed by atoms with van der Waals surface area (Å²) in [7, 11) is 0. The number of carboxylic acid groups (broad SMARTS) is 1. The normalized spacial score (nSPS) is 41.4. The summed E-state index contributed by atoms with van der Waals surface area (Å²) in [4.78, 5) is 35.9. The Kier molecular flexibility index (Phi) is 1.87. The van der Waals surface area contributed by atoms with Crippen LogP contribution in [0.2, 0.25) is 0 Å². The van der Waals surface area contributed by atoms with E-state index in [0.29, 0.717) is 19.3 Å². The molecular formula is C11H13NO4. The first-order valence-electron chi connectivity index (χ1n) is 5.71. The molecule has 2 amide bonds. The Morgan fingerprint density at radius 1 is 1.19 bits per heavy atom. The molecule has 0 aromatic heterocycles. The van der Waals surface area contributed by atoms with Crippen molar-refractivity contribution in [2.75, 3.05) is 0 Å². The Bertz CT molecular complexity index is 371. The Morgan fingerprint density at radius 3 is 2.38 bits per heavy atom. The predicted molar refractivity (Wildman–Crippen MR) is 52.2 cm³/mol. The molecule has 4 unspecified atom stereocenters. The lowest BCUT2D eigenvalue weighted by molar-refractivity contribution is -0.149. The van der Waals surface area contributed by atoms with Gasteiger partial charge in [0.15, 0.2) is 0 Å². The molecule has 0 spiro atoms. The van der Waals surface area contributed by atoms with Gasteiger partial charge in [-0.05, 0) is 19.3 Å². The zero-order valence-corrected chi connectivity index (χ0v) is 8.76. The maximum Gasteiger partial charge on any atom is 0.308 e. The SMILES string of the molecule is O=C(O)C1CCCC1N1C(=O)C2CC2C1=O. The number of fused-ring (bicyclic) bond motifs is 1. The van der Waals surface area contributed by atoms with Crippen molar-refractivity contribution >= 4 is 17.8 Å². The average Bonchev–Trinajstić information content (AvgIpc) is 2.82. The number of hydrogen-bond donors (Lipinski definition) is 1. The Hall–Kier alpha value is -1.39. The van der Waals surface area contributed by atoms with E-state index < -0.39 is 11.9 Å². The minimum atomic E-state index is -0.885. The van der Waals surface area contributed by atoms with Gasteiger partial charge in [-0.3, -0.25) is 19.3 Å². The van der Waals surface area contributed by atoms with Gasteiger partial charge in [0.25, 0.3) is 0 Å². The molecule has 3 aliphatic rings. The van der Waals surface area contributed by atoms with Gasteiger partial charge in [-0.1, -0.05) is 6.42 Å². The van der Waals surface area contributed by atoms with Crippen LogP contribution < -0.4 is 0 Å². The van der Waals surface area contributed by atoms with Crippen LogP contribution in [0.1, 0.15) is 25.7 Å². The van der Waals surface area contributed by atoms with Crippen molar-refractivity contribution in [3.63, 3.8) is 0 Å². The number of imide groups is 1. The lowest BCUT2D eigenvalue weighted by atomic mass is 10.0. The third-order valence-corrected chi connectivity index (χ3v) is 4.03. The van der Waals surface area contributed by atoms with E-state index in [9.17, 15) is 14.4 Å². The van der Waals surface area contributed by atoms with Crippen molar-refractivity contribution < 1.29 is 19.5 Å². The highest BCUT2D eigenvalue weighted by atomic mass is 16.4. The van der Waals surface area contributed by atoms with Crippen LogP contribution in [0, 0.1) is 17.8 Å². The van der Waals surface area contributed by atoms with E-state index >= 15 is 0 Å². The minimum Gasteiger partial charge on any atom is -0.481 e. The molecule has 4 atom stereocenters. The van der Waals surface area contributed by atoms with E-state index in [1.807, 2.05) is 0 Å². The second-order valence-corrected chi connectivity index (χ2v) is 4.94. The van der Waals surface area contributed by atoms with E-state index in [-0.39, 0.29) is 29.7 Å². The van der Waals surface area contributed by atoms with E-state index in [2.05, 4.69) is 0 Å². The van der Waals surface area contributed by atoms with Crippen molar-refractivity contribution in [3.05, 3.63) is 0 Å². The van der Waals surface area contributed by atoms with Gasteiger partial charge in [0.2, 0.25) is 11.8 Å². The second kappa shape index (κ2) is 3.06. The highest BCUT2D eigenvalue weighted by Gasteiger charge is 2.61. The second-order valence-electron chi connectivity index (χ2n) is 4.94. The quantitative estimate of drug-likeness (QED) is 0.681. The van der Waals surface area contributed by atoms with Gasteiger partial charge in [-0.25, -0.2) is 0 Å². The summed E-state index contributed by atoms with van der Waals surface area (Å²) in [5.41, 5.74) is 0. The lowest BCUT2D eigenvalue weighted by Crippen LogP contribution is -2.45. The molecule has 0 aromatic carbocycles. The molecule has 1 heterocycles. The van der Waals surface area contributed by atoms with Crippen LogP contribution in [-0.4, -0.2) is 33.8 Å². The van der Waals surface area contributed by atoms with Gasteiger partial charge < -0.3 is 5.11 Å². The number of rotatable bonds is 2. The van der Waals surface area contributed by atoms with Crippen LogP contribution in [0.25, 0.3) is 0 Å². The standard InChI is InChI=1S/C11H13NO4/c13-9-6-4-7(6)10(14)12(9)8-3-1-2-5(8)11(15)16/h5-8H,1-4H2,(H,15,16). The van der Waals surface area contributed by atoms with Crippen LogP contribution in [0.5, 0.6) is 0 Å². The van der Waals surface area contributed by atoms with E-state index in [1.54, 1.807) is 0 Å². The number of nitrogens with zero attached hydrogens (tertiary/aromatic N) is 1. The molecule has 2 aliphatic carbocycles. The summed E-state index contributed by atoms with van der Waals surface area (Å²) in [5.74, 6) is -1.94. The minimum absolute atomic E-state index is 0.123. The van der Waals surface area contributed by atoms with Gasteiger partial charge in [-0.15, -0.1) is 0 Å². The monoisotopic (exact) mass is 223 g/mol. The summed E-state index contributed by atoms with van der Waals surface area (Å²) >= 11 is 0. The van der Waals surface area contributed by atoms with Gasteiger partial charge in [0.1, 0.15) is 0 Å². The maximum absolute atomic E-state index is 11.8.